The van der Waals surface area contributed by atoms with Gasteiger partial charge in [-0.25, -0.2) is 0 Å². The molecule has 0 aliphatic heterocycles. The van der Waals surface area contributed by atoms with Gasteiger partial charge in [0.05, 0.1) is 18.8 Å². The molecule has 0 radical (unpaired) electrons. The molecule has 0 aromatic rings. The van der Waals surface area contributed by atoms with Gasteiger partial charge >= 0.3 is 0 Å². The second kappa shape index (κ2) is 24.3. The van der Waals surface area contributed by atoms with Crippen LogP contribution in [0.5, 0.6) is 0 Å². The molecule has 1 amide bonds. The molecular weight excluding hydrogens is 398 g/mol. The van der Waals surface area contributed by atoms with Gasteiger partial charge in [-0.3, -0.25) is 4.79 Å². The lowest BCUT2D eigenvalue weighted by molar-refractivity contribution is -0.122. The second-order valence-corrected chi connectivity index (χ2v) is 8.74. The van der Waals surface area contributed by atoms with Crippen LogP contribution < -0.4 is 5.32 Å². The molecule has 3 N–H and O–H groups in total. The van der Waals surface area contributed by atoms with Gasteiger partial charge in [0.15, 0.2) is 0 Å². The number of amides is 1. The van der Waals surface area contributed by atoms with E-state index in [2.05, 4.69) is 43.5 Å². The minimum absolute atomic E-state index is 0.116. The summed E-state index contributed by atoms with van der Waals surface area (Å²) in [7, 11) is 0. The molecule has 0 spiro atoms. The van der Waals surface area contributed by atoms with Crippen LogP contribution in [0.3, 0.4) is 0 Å². The van der Waals surface area contributed by atoms with Gasteiger partial charge in [-0.05, 0) is 51.4 Å². The highest BCUT2D eigenvalue weighted by atomic mass is 16.3. The Morgan fingerprint density at radius 2 is 1.22 bits per heavy atom. The number of rotatable bonds is 22. The van der Waals surface area contributed by atoms with Crippen molar-refractivity contribution in [3.05, 3.63) is 36.5 Å². The largest absolute Gasteiger partial charge is 0.394 e. The summed E-state index contributed by atoms with van der Waals surface area (Å²) in [6, 6.07) is -0.647. The van der Waals surface area contributed by atoms with Crippen LogP contribution in [-0.4, -0.2) is 34.9 Å². The van der Waals surface area contributed by atoms with Crippen LogP contribution >= 0.6 is 0 Å². The maximum Gasteiger partial charge on any atom is 0.220 e. The first-order chi connectivity index (χ1) is 15.7. The molecule has 0 aliphatic carbocycles. The number of unbranched alkanes of at least 4 members (excludes halogenated alkanes) is 11. The van der Waals surface area contributed by atoms with Crippen LogP contribution in [0.2, 0.25) is 0 Å². The number of aliphatic hydroxyl groups excluding tert-OH is 2. The Kier molecular flexibility index (Phi) is 23.2. The number of hydrogen-bond acceptors (Lipinski definition) is 3. The van der Waals surface area contributed by atoms with Gasteiger partial charge in [-0.15, -0.1) is 0 Å². The predicted octanol–water partition coefficient (Wildman–Crippen LogP) is 6.77. The van der Waals surface area contributed by atoms with Gasteiger partial charge in [0.2, 0.25) is 5.91 Å². The van der Waals surface area contributed by atoms with Crippen molar-refractivity contribution >= 4 is 5.91 Å². The third-order valence-electron chi connectivity index (χ3n) is 5.60. The summed E-state index contributed by atoms with van der Waals surface area (Å²) >= 11 is 0. The van der Waals surface area contributed by atoms with Crippen molar-refractivity contribution in [1.82, 2.24) is 5.32 Å². The van der Waals surface area contributed by atoms with E-state index >= 15 is 0 Å². The Bertz CT molecular complexity index is 499. The first kappa shape index (κ1) is 30.6. The second-order valence-electron chi connectivity index (χ2n) is 8.74. The lowest BCUT2D eigenvalue weighted by atomic mass is 10.1. The maximum atomic E-state index is 12.1. The third-order valence-corrected chi connectivity index (χ3v) is 5.60. The molecule has 0 saturated heterocycles. The summed E-state index contributed by atoms with van der Waals surface area (Å²) in [6.45, 7) is 4.18. The zero-order valence-electron chi connectivity index (χ0n) is 20.9. The smallest absolute Gasteiger partial charge is 0.220 e. The fourth-order valence-electron chi connectivity index (χ4n) is 3.49. The van der Waals surface area contributed by atoms with E-state index in [4.69, 9.17) is 0 Å². The SMILES string of the molecule is CCCCCC/C=C\CCCC(=O)NC(CO)C(O)/C=C/CC/C=C/CCCCCCC. The number of carbonyl (C=O) groups excluding carboxylic acids is 1. The van der Waals surface area contributed by atoms with Gasteiger partial charge in [-0.2, -0.15) is 0 Å². The fraction of sp³-hybridized carbons (Fsp3) is 0.750. The number of carbonyl (C=O) groups is 1. The molecule has 0 bridgehead atoms. The van der Waals surface area contributed by atoms with Crippen molar-refractivity contribution in [2.45, 2.75) is 129 Å². The van der Waals surface area contributed by atoms with Crippen LogP contribution in [-0.2, 0) is 4.79 Å². The Morgan fingerprint density at radius 3 is 1.81 bits per heavy atom. The van der Waals surface area contributed by atoms with E-state index in [9.17, 15) is 15.0 Å². The van der Waals surface area contributed by atoms with Crippen molar-refractivity contribution in [2.75, 3.05) is 6.61 Å². The zero-order valence-corrected chi connectivity index (χ0v) is 20.9. The van der Waals surface area contributed by atoms with Crippen LogP contribution in [0.1, 0.15) is 117 Å². The van der Waals surface area contributed by atoms with Crippen LogP contribution in [0.15, 0.2) is 36.5 Å². The number of nitrogens with one attached hydrogen (secondary N) is 1. The molecule has 2 unspecified atom stereocenters. The molecule has 0 aromatic carbocycles. The number of aliphatic hydroxyl groups is 2. The molecule has 186 valence electrons. The average Bonchev–Trinajstić information content (AvgIpc) is 2.79. The lowest BCUT2D eigenvalue weighted by Gasteiger charge is -2.19. The molecule has 4 heteroatoms. The highest BCUT2D eigenvalue weighted by Crippen LogP contribution is 2.07. The summed E-state index contributed by atoms with van der Waals surface area (Å²) in [4.78, 5) is 12.1. The van der Waals surface area contributed by atoms with Gasteiger partial charge in [0, 0.05) is 6.42 Å². The number of hydrogen-bond donors (Lipinski definition) is 3. The Labute approximate surface area is 198 Å². The molecule has 0 aromatic heterocycles. The Balaban J connectivity index is 3.88. The topological polar surface area (TPSA) is 69.6 Å². The molecule has 0 aliphatic rings. The lowest BCUT2D eigenvalue weighted by Crippen LogP contribution is -2.45. The van der Waals surface area contributed by atoms with E-state index in [-0.39, 0.29) is 12.5 Å². The first-order valence-corrected chi connectivity index (χ1v) is 13.2. The average molecular weight is 450 g/mol. The van der Waals surface area contributed by atoms with Gasteiger partial charge in [-0.1, -0.05) is 95.2 Å². The van der Waals surface area contributed by atoms with E-state index in [0.717, 1.165) is 38.5 Å². The van der Waals surface area contributed by atoms with Crippen molar-refractivity contribution in [1.29, 1.82) is 0 Å². The molecule has 0 saturated carbocycles. The molecule has 4 nitrogen and oxygen atoms in total. The molecular formula is C28H51NO3. The summed E-state index contributed by atoms with van der Waals surface area (Å²) in [5.41, 5.74) is 0. The van der Waals surface area contributed by atoms with E-state index in [1.165, 1.54) is 57.8 Å². The molecule has 32 heavy (non-hydrogen) atoms. The minimum Gasteiger partial charge on any atom is -0.394 e. The van der Waals surface area contributed by atoms with Crippen molar-refractivity contribution in [2.24, 2.45) is 0 Å². The monoisotopic (exact) mass is 449 g/mol. The highest BCUT2D eigenvalue weighted by molar-refractivity contribution is 5.76. The third kappa shape index (κ3) is 20.5. The van der Waals surface area contributed by atoms with Crippen LogP contribution in [0.25, 0.3) is 0 Å². The molecule has 0 fully saturated rings. The van der Waals surface area contributed by atoms with E-state index in [1.807, 2.05) is 6.08 Å². The highest BCUT2D eigenvalue weighted by Gasteiger charge is 2.17. The summed E-state index contributed by atoms with van der Waals surface area (Å²) in [5.74, 6) is -0.116. The zero-order chi connectivity index (χ0) is 23.7. The fourth-order valence-corrected chi connectivity index (χ4v) is 3.49. The van der Waals surface area contributed by atoms with E-state index < -0.39 is 12.1 Å². The standard InChI is InChI=1S/C28H51NO3/c1-3-5-7-9-11-13-14-16-17-19-21-23-27(31)26(25-30)29-28(32)24-22-20-18-15-12-10-8-6-4-2/h14-16,18,21,23,26-27,30-31H,3-13,17,19-20,22,24-25H2,1-2H3,(H,29,32)/b16-14+,18-15-,23-21+. The number of allylic oxidation sites excluding steroid dienone is 5. The van der Waals surface area contributed by atoms with Crippen molar-refractivity contribution in [3.8, 4) is 0 Å². The summed E-state index contributed by atoms with van der Waals surface area (Å²) < 4.78 is 0. The van der Waals surface area contributed by atoms with Gasteiger partial charge < -0.3 is 15.5 Å². The Hall–Kier alpha value is -1.39. The van der Waals surface area contributed by atoms with Gasteiger partial charge in [0.1, 0.15) is 0 Å². The summed E-state index contributed by atoms with van der Waals surface area (Å²) in [6.07, 6.45) is 29.3. The quantitative estimate of drug-likeness (QED) is 0.126. The molecule has 0 heterocycles. The predicted molar refractivity (Wildman–Crippen MR) is 138 cm³/mol. The van der Waals surface area contributed by atoms with Crippen molar-refractivity contribution in [3.63, 3.8) is 0 Å². The van der Waals surface area contributed by atoms with E-state index in [1.54, 1.807) is 6.08 Å². The van der Waals surface area contributed by atoms with Gasteiger partial charge in [0.25, 0.3) is 0 Å². The molecule has 0 rings (SSSR count). The minimum atomic E-state index is -0.866. The summed E-state index contributed by atoms with van der Waals surface area (Å²) in [5, 5.41) is 22.5. The van der Waals surface area contributed by atoms with Crippen LogP contribution in [0.4, 0.5) is 0 Å². The first-order valence-electron chi connectivity index (χ1n) is 13.2. The maximum absolute atomic E-state index is 12.1. The molecule has 2 atom stereocenters. The van der Waals surface area contributed by atoms with Crippen LogP contribution in [0, 0.1) is 0 Å². The van der Waals surface area contributed by atoms with E-state index in [0.29, 0.717) is 6.42 Å². The van der Waals surface area contributed by atoms with Crippen molar-refractivity contribution < 1.29 is 15.0 Å². The normalized spacial score (nSPS) is 14.0. The Morgan fingerprint density at radius 1 is 0.719 bits per heavy atom.